The Bertz CT molecular complexity index is 894. The van der Waals surface area contributed by atoms with Gasteiger partial charge < -0.3 is 5.11 Å². The van der Waals surface area contributed by atoms with E-state index in [1.807, 2.05) is 13.0 Å². The summed E-state index contributed by atoms with van der Waals surface area (Å²) in [6.07, 6.45) is 1.45. The lowest BCUT2D eigenvalue weighted by Crippen LogP contribution is -2.26. The first kappa shape index (κ1) is 17.8. The minimum Gasteiger partial charge on any atom is -0.494 e. The van der Waals surface area contributed by atoms with Crippen molar-refractivity contribution in [3.8, 4) is 11.9 Å². The van der Waals surface area contributed by atoms with Gasteiger partial charge in [-0.3, -0.25) is 14.2 Å². The van der Waals surface area contributed by atoms with Crippen molar-refractivity contribution in [2.24, 2.45) is 0 Å². The average molecular weight is 345 g/mol. The van der Waals surface area contributed by atoms with Gasteiger partial charge >= 0.3 is 0 Å². The zero-order valence-electron chi connectivity index (χ0n) is 13.5. The summed E-state index contributed by atoms with van der Waals surface area (Å²) in [7, 11) is 0. The molecule has 1 heterocycles. The molecule has 24 heavy (non-hydrogen) atoms. The molecule has 1 aromatic heterocycles. The van der Waals surface area contributed by atoms with Crippen LogP contribution in [0.3, 0.4) is 0 Å². The maximum Gasteiger partial charge on any atom is 0.271 e. The average Bonchev–Trinajstić information content (AvgIpc) is 2.55. The number of halogens is 1. The maximum absolute atomic E-state index is 12.8. The highest BCUT2D eigenvalue weighted by Crippen LogP contribution is 2.26. The molecule has 2 rings (SSSR count). The molecule has 0 aliphatic carbocycles. The fourth-order valence-electron chi connectivity index (χ4n) is 2.52. The Balaban J connectivity index is 2.71. The molecule has 0 saturated carbocycles. The van der Waals surface area contributed by atoms with E-state index in [2.05, 4.69) is 0 Å². The van der Waals surface area contributed by atoms with Gasteiger partial charge in [-0.05, 0) is 31.0 Å². The molecule has 1 N–H and O–H groups in total. The summed E-state index contributed by atoms with van der Waals surface area (Å²) in [5.74, 6) is -0.885. The standard InChI is InChI=1S/C18H17ClN2O3/c1-3-4-8-21-17(23)14(10-20)11(2)15(18(21)24)16(22)12-6-5-7-13(19)9-12/h5-7,9,24H,3-4,8H2,1-2H3. The van der Waals surface area contributed by atoms with Crippen LogP contribution in [-0.2, 0) is 6.54 Å². The highest BCUT2D eigenvalue weighted by atomic mass is 35.5. The van der Waals surface area contributed by atoms with Crippen molar-refractivity contribution in [3.63, 3.8) is 0 Å². The Morgan fingerprint density at radius 2 is 2.12 bits per heavy atom. The lowest BCUT2D eigenvalue weighted by Gasteiger charge is -2.15. The van der Waals surface area contributed by atoms with Gasteiger partial charge in [-0.1, -0.05) is 37.1 Å². The topological polar surface area (TPSA) is 83.1 Å². The van der Waals surface area contributed by atoms with E-state index in [1.54, 1.807) is 18.2 Å². The summed E-state index contributed by atoms with van der Waals surface area (Å²) in [6.45, 7) is 3.67. The van der Waals surface area contributed by atoms with Crippen LogP contribution in [-0.4, -0.2) is 15.5 Å². The van der Waals surface area contributed by atoms with Gasteiger partial charge in [0.15, 0.2) is 5.78 Å². The largest absolute Gasteiger partial charge is 0.494 e. The molecule has 0 atom stereocenters. The molecule has 0 saturated heterocycles. The summed E-state index contributed by atoms with van der Waals surface area (Å²) in [6, 6.07) is 8.15. The van der Waals surface area contributed by atoms with Crippen LogP contribution in [0.2, 0.25) is 5.02 Å². The molecular weight excluding hydrogens is 328 g/mol. The SMILES string of the molecule is CCCCn1c(O)c(C(=O)c2cccc(Cl)c2)c(C)c(C#N)c1=O. The summed E-state index contributed by atoms with van der Waals surface area (Å²) in [4.78, 5) is 25.2. The van der Waals surface area contributed by atoms with Crippen LogP contribution in [0, 0.1) is 18.3 Å². The van der Waals surface area contributed by atoms with Crippen molar-refractivity contribution in [1.29, 1.82) is 5.26 Å². The highest BCUT2D eigenvalue weighted by molar-refractivity contribution is 6.31. The zero-order chi connectivity index (χ0) is 17.9. The number of aromatic nitrogens is 1. The molecule has 0 fully saturated rings. The quantitative estimate of drug-likeness (QED) is 0.842. The van der Waals surface area contributed by atoms with E-state index in [1.165, 1.54) is 13.0 Å². The van der Waals surface area contributed by atoms with Crippen LogP contribution in [0.15, 0.2) is 29.1 Å². The minimum absolute atomic E-state index is 0.0375. The third-order valence-corrected chi connectivity index (χ3v) is 4.08. The van der Waals surface area contributed by atoms with E-state index in [0.717, 1.165) is 11.0 Å². The van der Waals surface area contributed by atoms with Gasteiger partial charge in [0, 0.05) is 17.1 Å². The van der Waals surface area contributed by atoms with Crippen molar-refractivity contribution in [1.82, 2.24) is 4.57 Å². The molecule has 2 aromatic rings. The van der Waals surface area contributed by atoms with Crippen molar-refractivity contribution in [2.75, 3.05) is 0 Å². The second-order valence-electron chi connectivity index (χ2n) is 5.46. The Kier molecular flexibility index (Phi) is 5.42. The third kappa shape index (κ3) is 3.19. The van der Waals surface area contributed by atoms with Gasteiger partial charge in [-0.15, -0.1) is 0 Å². The summed E-state index contributed by atoms with van der Waals surface area (Å²) >= 11 is 5.92. The molecule has 0 spiro atoms. The van der Waals surface area contributed by atoms with E-state index in [-0.39, 0.29) is 28.8 Å². The summed E-state index contributed by atoms with van der Waals surface area (Å²) in [5.41, 5.74) is -0.286. The molecule has 0 aliphatic heterocycles. The molecule has 0 aliphatic rings. The van der Waals surface area contributed by atoms with Crippen LogP contribution >= 0.6 is 11.6 Å². The molecule has 0 amide bonds. The lowest BCUT2D eigenvalue weighted by molar-refractivity contribution is 0.103. The number of aromatic hydroxyl groups is 1. The number of hydrogen-bond acceptors (Lipinski definition) is 4. The molecule has 6 heteroatoms. The van der Waals surface area contributed by atoms with Gasteiger partial charge in [-0.2, -0.15) is 5.26 Å². The smallest absolute Gasteiger partial charge is 0.271 e. The molecule has 1 aromatic carbocycles. The van der Waals surface area contributed by atoms with Crippen molar-refractivity contribution < 1.29 is 9.90 Å². The first-order chi connectivity index (χ1) is 11.4. The van der Waals surface area contributed by atoms with Gasteiger partial charge in [0.1, 0.15) is 11.6 Å². The number of carbonyl (C=O) groups is 1. The molecule has 0 radical (unpaired) electrons. The van der Waals surface area contributed by atoms with Crippen LogP contribution in [0.4, 0.5) is 0 Å². The number of carbonyl (C=O) groups excluding carboxylic acids is 1. The molecule has 124 valence electrons. The number of nitriles is 1. The first-order valence-electron chi connectivity index (χ1n) is 7.59. The predicted octanol–water partition coefficient (Wildman–Crippen LogP) is 3.42. The second-order valence-corrected chi connectivity index (χ2v) is 5.90. The molecular formula is C18H17ClN2O3. The van der Waals surface area contributed by atoms with Gasteiger partial charge in [0.25, 0.3) is 5.56 Å². The number of pyridine rings is 1. The number of ketones is 1. The number of unbranched alkanes of at least 4 members (excludes halogenated alkanes) is 1. The normalized spacial score (nSPS) is 10.4. The van der Waals surface area contributed by atoms with Crippen LogP contribution in [0.5, 0.6) is 5.88 Å². The van der Waals surface area contributed by atoms with E-state index < -0.39 is 17.2 Å². The van der Waals surface area contributed by atoms with Crippen molar-refractivity contribution in [3.05, 3.63) is 61.9 Å². The van der Waals surface area contributed by atoms with Crippen LogP contribution < -0.4 is 5.56 Å². The lowest BCUT2D eigenvalue weighted by atomic mass is 9.97. The first-order valence-corrected chi connectivity index (χ1v) is 7.96. The minimum atomic E-state index is -0.580. The molecule has 5 nitrogen and oxygen atoms in total. The van der Waals surface area contributed by atoms with Gasteiger partial charge in [0.2, 0.25) is 5.88 Å². The third-order valence-electron chi connectivity index (χ3n) is 3.85. The number of benzene rings is 1. The van der Waals surface area contributed by atoms with E-state index >= 15 is 0 Å². The molecule has 0 unspecified atom stereocenters. The Morgan fingerprint density at radius 1 is 1.42 bits per heavy atom. The van der Waals surface area contributed by atoms with Gasteiger partial charge in [-0.25, -0.2) is 0 Å². The summed E-state index contributed by atoms with van der Waals surface area (Å²) in [5, 5.41) is 20.2. The van der Waals surface area contributed by atoms with Crippen LogP contribution in [0.1, 0.15) is 46.8 Å². The predicted molar refractivity (Wildman–Crippen MR) is 91.6 cm³/mol. The monoisotopic (exact) mass is 344 g/mol. The van der Waals surface area contributed by atoms with Crippen molar-refractivity contribution >= 4 is 17.4 Å². The van der Waals surface area contributed by atoms with Crippen molar-refractivity contribution in [2.45, 2.75) is 33.2 Å². The summed E-state index contributed by atoms with van der Waals surface area (Å²) < 4.78 is 1.09. The van der Waals surface area contributed by atoms with Gasteiger partial charge in [0.05, 0.1) is 5.56 Å². The number of rotatable bonds is 5. The number of hydrogen-bond donors (Lipinski definition) is 1. The zero-order valence-corrected chi connectivity index (χ0v) is 14.2. The Morgan fingerprint density at radius 3 is 2.71 bits per heavy atom. The molecule has 0 bridgehead atoms. The van der Waals surface area contributed by atoms with E-state index in [0.29, 0.717) is 11.4 Å². The second kappa shape index (κ2) is 7.33. The van der Waals surface area contributed by atoms with E-state index in [9.17, 15) is 20.0 Å². The Labute approximate surface area is 144 Å². The fourth-order valence-corrected chi connectivity index (χ4v) is 2.71. The number of nitrogens with zero attached hydrogens (tertiary/aromatic N) is 2. The van der Waals surface area contributed by atoms with Crippen LogP contribution in [0.25, 0.3) is 0 Å². The Hall–Kier alpha value is -2.58. The maximum atomic E-state index is 12.8. The highest BCUT2D eigenvalue weighted by Gasteiger charge is 2.24. The fraction of sp³-hybridized carbons (Fsp3) is 0.278. The van der Waals surface area contributed by atoms with E-state index in [4.69, 9.17) is 11.6 Å².